The number of unbranched alkanes of at least 4 members (excludes halogenated alkanes) is 2. The molecular weight excluding hydrogens is 572 g/mol. The van der Waals surface area contributed by atoms with Gasteiger partial charge in [0.1, 0.15) is 17.2 Å². The van der Waals surface area contributed by atoms with E-state index in [1.807, 2.05) is 6.92 Å². The summed E-state index contributed by atoms with van der Waals surface area (Å²) in [6, 6.07) is 12.4. The molecule has 0 aliphatic rings. The summed E-state index contributed by atoms with van der Waals surface area (Å²) >= 11 is 0. The topological polar surface area (TPSA) is 196 Å². The van der Waals surface area contributed by atoms with Crippen molar-refractivity contribution in [3.63, 3.8) is 0 Å². The van der Waals surface area contributed by atoms with Gasteiger partial charge in [0.25, 0.3) is 5.56 Å². The first-order chi connectivity index (χ1) is 20.2. The maximum atomic E-state index is 12.6. The molecule has 3 aromatic rings. The minimum atomic E-state index is -0.682. The molecule has 1 heterocycles. The first-order valence-corrected chi connectivity index (χ1v) is 14.3. The van der Waals surface area contributed by atoms with Gasteiger partial charge in [-0.1, -0.05) is 24.3 Å². The number of nitrogens with two attached hydrogens (primary N) is 2. The van der Waals surface area contributed by atoms with Crippen LogP contribution in [-0.4, -0.2) is 57.7 Å². The van der Waals surface area contributed by atoms with Gasteiger partial charge in [0.05, 0.1) is 17.7 Å². The smallest absolute Gasteiger partial charge is 0.269 e. The van der Waals surface area contributed by atoms with Gasteiger partial charge in [-0.3, -0.25) is 19.4 Å². The maximum absolute atomic E-state index is 12.6. The van der Waals surface area contributed by atoms with Gasteiger partial charge >= 0.3 is 0 Å². The number of nitrogens with zero attached hydrogens (tertiary/aromatic N) is 1. The summed E-state index contributed by atoms with van der Waals surface area (Å²) in [5, 5.41) is 24.6. The molecule has 9 N–H and O–H groups in total. The van der Waals surface area contributed by atoms with Gasteiger partial charge in [0.15, 0.2) is 0 Å². The van der Waals surface area contributed by atoms with E-state index in [9.17, 15) is 24.6 Å². The van der Waals surface area contributed by atoms with Crippen molar-refractivity contribution in [1.29, 1.82) is 0 Å². The number of aryl methyl sites for hydroxylation is 3. The zero-order chi connectivity index (χ0) is 30.5. The van der Waals surface area contributed by atoms with Crippen LogP contribution in [0.3, 0.4) is 0 Å². The Morgan fingerprint density at radius 1 is 0.884 bits per heavy atom. The predicted molar refractivity (Wildman–Crippen MR) is 168 cm³/mol. The van der Waals surface area contributed by atoms with Crippen molar-refractivity contribution < 1.29 is 19.8 Å². The van der Waals surface area contributed by atoms with Gasteiger partial charge in [0.2, 0.25) is 11.8 Å². The number of phenols is 2. The number of rotatable bonds is 16. The Labute approximate surface area is 257 Å². The van der Waals surface area contributed by atoms with Crippen LogP contribution in [0, 0.1) is 6.92 Å². The number of aromatic amines is 1. The van der Waals surface area contributed by atoms with Crippen LogP contribution in [0.2, 0.25) is 0 Å². The van der Waals surface area contributed by atoms with Crippen LogP contribution >= 0.6 is 12.4 Å². The van der Waals surface area contributed by atoms with E-state index in [0.29, 0.717) is 50.9 Å². The number of hydrogen-bond donors (Lipinski definition) is 7. The van der Waals surface area contributed by atoms with Gasteiger partial charge in [-0.15, -0.1) is 12.4 Å². The molecule has 0 spiro atoms. The lowest BCUT2D eigenvalue weighted by atomic mass is 9.98. The molecule has 0 bridgehead atoms. The third-order valence-corrected chi connectivity index (χ3v) is 7.13. The summed E-state index contributed by atoms with van der Waals surface area (Å²) in [4.78, 5) is 44.9. The Balaban J connectivity index is 0.00000645. The summed E-state index contributed by atoms with van der Waals surface area (Å²) in [6.45, 7) is 2.98. The number of aromatic nitrogens is 2. The molecule has 43 heavy (non-hydrogen) atoms. The van der Waals surface area contributed by atoms with Crippen molar-refractivity contribution in [3.05, 3.63) is 87.1 Å². The lowest BCUT2D eigenvalue weighted by Crippen LogP contribution is -2.42. The molecule has 0 radical (unpaired) electrons. The van der Waals surface area contributed by atoms with E-state index in [1.54, 1.807) is 36.4 Å². The highest BCUT2D eigenvalue weighted by Gasteiger charge is 2.18. The van der Waals surface area contributed by atoms with Gasteiger partial charge in [0, 0.05) is 25.3 Å². The second-order valence-corrected chi connectivity index (χ2v) is 10.4. The lowest BCUT2D eigenvalue weighted by Gasteiger charge is -2.15. The fourth-order valence-corrected chi connectivity index (χ4v) is 4.63. The van der Waals surface area contributed by atoms with Crippen LogP contribution in [0.15, 0.2) is 53.3 Å². The van der Waals surface area contributed by atoms with Crippen LogP contribution < -0.4 is 27.7 Å². The van der Waals surface area contributed by atoms with Crippen molar-refractivity contribution in [2.24, 2.45) is 11.5 Å². The number of hydrogen-bond acceptors (Lipinski definition) is 8. The summed E-state index contributed by atoms with van der Waals surface area (Å²) in [6.07, 6.45) is 4.38. The first-order valence-electron chi connectivity index (χ1n) is 14.3. The number of H-pyrrole nitrogens is 1. The highest BCUT2D eigenvalue weighted by Crippen LogP contribution is 2.18. The van der Waals surface area contributed by atoms with E-state index in [1.165, 1.54) is 12.1 Å². The van der Waals surface area contributed by atoms with E-state index in [0.717, 1.165) is 35.4 Å². The predicted octanol–water partition coefficient (Wildman–Crippen LogP) is 2.10. The van der Waals surface area contributed by atoms with E-state index in [2.05, 4.69) is 20.6 Å². The number of benzene rings is 2. The zero-order valence-electron chi connectivity index (χ0n) is 24.5. The number of carbonyl (C=O) groups excluding carboxylic acids is 2. The molecular formula is C31H43ClN6O5. The fraction of sp³-hybridized carbons (Fsp3) is 0.419. The van der Waals surface area contributed by atoms with Crippen LogP contribution in [0.25, 0.3) is 0 Å². The molecule has 0 saturated heterocycles. The standard InChI is InChI=1S/C31H42N6O5.ClH/c1-20-27(6-2-4-16-34-29(40)25(19-32)22-10-14-24(39)15-11-22)37-31(42)28(36-20)7-3-5-17-35-30(41)26(33)18-21-8-12-23(38)13-9-21;/h8-15,25-26,38-39H,2-7,16-19,32-33H2,1H3,(H,34,40)(H,35,41)(H,37,42);1H. The van der Waals surface area contributed by atoms with Crippen molar-refractivity contribution in [2.75, 3.05) is 19.6 Å². The van der Waals surface area contributed by atoms with Crippen molar-refractivity contribution in [3.8, 4) is 11.5 Å². The molecule has 2 amide bonds. The normalized spacial score (nSPS) is 12.2. The monoisotopic (exact) mass is 614 g/mol. The van der Waals surface area contributed by atoms with Gasteiger partial charge in [-0.25, -0.2) is 0 Å². The van der Waals surface area contributed by atoms with Crippen molar-refractivity contribution in [2.45, 2.75) is 63.8 Å². The average molecular weight is 615 g/mol. The number of halogens is 1. The van der Waals surface area contributed by atoms with E-state index >= 15 is 0 Å². The maximum Gasteiger partial charge on any atom is 0.269 e. The quantitative estimate of drug-likeness (QED) is 0.119. The second kappa shape index (κ2) is 17.9. The number of aromatic hydroxyl groups is 2. The van der Waals surface area contributed by atoms with Crippen LogP contribution in [0.1, 0.15) is 59.8 Å². The fourth-order valence-electron chi connectivity index (χ4n) is 4.63. The minimum absolute atomic E-state index is 0. The Hall–Kier alpha value is -3.93. The Bertz CT molecular complexity index is 1360. The molecule has 2 unspecified atom stereocenters. The molecule has 12 heteroatoms. The van der Waals surface area contributed by atoms with Crippen LogP contribution in [0.5, 0.6) is 11.5 Å². The summed E-state index contributed by atoms with van der Waals surface area (Å²) in [7, 11) is 0. The molecule has 0 aliphatic carbocycles. The van der Waals surface area contributed by atoms with Gasteiger partial charge < -0.3 is 37.3 Å². The lowest BCUT2D eigenvalue weighted by molar-refractivity contribution is -0.123. The summed E-state index contributed by atoms with van der Waals surface area (Å²) < 4.78 is 0. The van der Waals surface area contributed by atoms with Gasteiger partial charge in [-0.2, -0.15) is 0 Å². The number of nitrogens with one attached hydrogen (secondary N) is 3. The molecule has 234 valence electrons. The Kier molecular flexibility index (Phi) is 14.7. The SMILES string of the molecule is Cc1nc(CCCCNC(=O)C(N)Cc2ccc(O)cc2)c(=O)[nH]c1CCCCNC(=O)C(CN)c1ccc(O)cc1.Cl. The highest BCUT2D eigenvalue weighted by atomic mass is 35.5. The van der Waals surface area contributed by atoms with Crippen LogP contribution in [0.4, 0.5) is 0 Å². The summed E-state index contributed by atoms with van der Waals surface area (Å²) in [5.74, 6) is -0.577. The third kappa shape index (κ3) is 11.3. The molecule has 1 aromatic heterocycles. The van der Waals surface area contributed by atoms with E-state index in [-0.39, 0.29) is 47.8 Å². The van der Waals surface area contributed by atoms with Crippen LogP contribution in [-0.2, 0) is 28.9 Å². The highest BCUT2D eigenvalue weighted by molar-refractivity contribution is 5.85. The zero-order valence-corrected chi connectivity index (χ0v) is 25.3. The van der Waals surface area contributed by atoms with Crippen molar-refractivity contribution in [1.82, 2.24) is 20.6 Å². The number of phenolic OH excluding ortho intramolecular Hbond substituents is 2. The van der Waals surface area contributed by atoms with E-state index in [4.69, 9.17) is 11.5 Å². The second-order valence-electron chi connectivity index (χ2n) is 10.4. The molecule has 11 nitrogen and oxygen atoms in total. The minimum Gasteiger partial charge on any atom is -0.508 e. The van der Waals surface area contributed by atoms with Gasteiger partial charge in [-0.05, 0) is 87.3 Å². The number of amides is 2. The first kappa shape index (κ1) is 35.3. The molecule has 0 saturated carbocycles. The van der Waals surface area contributed by atoms with E-state index < -0.39 is 12.0 Å². The Morgan fingerprint density at radius 2 is 1.44 bits per heavy atom. The molecule has 2 atom stereocenters. The largest absolute Gasteiger partial charge is 0.508 e. The molecule has 0 fully saturated rings. The average Bonchev–Trinajstić information content (AvgIpc) is 2.97. The molecule has 2 aromatic carbocycles. The molecule has 3 rings (SSSR count). The third-order valence-electron chi connectivity index (χ3n) is 7.13. The Morgan fingerprint density at radius 3 is 2.05 bits per heavy atom. The van der Waals surface area contributed by atoms with Crippen molar-refractivity contribution >= 4 is 24.2 Å². The number of carbonyl (C=O) groups is 2. The molecule has 0 aliphatic heterocycles. The summed E-state index contributed by atoms with van der Waals surface area (Å²) in [5.41, 5.74) is 15.2.